The minimum absolute atomic E-state index is 0.0350. The number of rotatable bonds is 4. The Kier molecular flexibility index (Phi) is 5.06. The second-order valence-electron chi connectivity index (χ2n) is 6.86. The summed E-state index contributed by atoms with van der Waals surface area (Å²) in [6, 6.07) is 6.98. The third-order valence-electron chi connectivity index (χ3n) is 4.83. The highest BCUT2D eigenvalue weighted by Gasteiger charge is 2.33. The molecule has 2 aromatic heterocycles. The van der Waals surface area contributed by atoms with Gasteiger partial charge in [-0.15, -0.1) is 0 Å². The van der Waals surface area contributed by atoms with Gasteiger partial charge in [0.25, 0.3) is 5.56 Å². The molecule has 0 saturated carbocycles. The van der Waals surface area contributed by atoms with Crippen molar-refractivity contribution in [3.63, 3.8) is 0 Å². The fourth-order valence-electron chi connectivity index (χ4n) is 3.36. The van der Waals surface area contributed by atoms with E-state index in [9.17, 15) is 9.59 Å². The molecule has 2 atom stereocenters. The number of carbonyl (C=O) groups is 1. The molecule has 1 amide bonds. The van der Waals surface area contributed by atoms with Crippen molar-refractivity contribution < 1.29 is 9.21 Å². The van der Waals surface area contributed by atoms with Gasteiger partial charge in [0, 0.05) is 19.0 Å². The second-order valence-corrected chi connectivity index (χ2v) is 6.86. The first-order valence-electron chi connectivity index (χ1n) is 8.90. The van der Waals surface area contributed by atoms with Crippen LogP contribution in [0.25, 0.3) is 0 Å². The first-order valence-corrected chi connectivity index (χ1v) is 8.90. The third-order valence-corrected chi connectivity index (χ3v) is 4.83. The predicted octanol–water partition coefficient (Wildman–Crippen LogP) is 2.71. The summed E-state index contributed by atoms with van der Waals surface area (Å²) in [6.07, 6.45) is 2.66. The normalized spacial score (nSPS) is 20.7. The Hall–Kier alpha value is -2.37. The van der Waals surface area contributed by atoms with Gasteiger partial charge in [-0.25, -0.2) is 4.68 Å². The summed E-state index contributed by atoms with van der Waals surface area (Å²) in [7, 11) is 0. The van der Waals surface area contributed by atoms with Crippen molar-refractivity contribution in [3.8, 4) is 0 Å². The first-order chi connectivity index (χ1) is 12.0. The fraction of sp³-hybridized carbons (Fsp3) is 0.526. The Morgan fingerprint density at radius 3 is 2.84 bits per heavy atom. The van der Waals surface area contributed by atoms with Gasteiger partial charge in [-0.1, -0.05) is 13.8 Å². The number of aromatic nitrogens is 2. The SMILES string of the molecule is CCc1ccc([C@H]2C[C@@H](C)CCN2C(=O)Cn2nc(C)ccc2=O)o1. The zero-order chi connectivity index (χ0) is 18.0. The highest BCUT2D eigenvalue weighted by atomic mass is 16.3. The number of amides is 1. The molecule has 3 rings (SSSR count). The van der Waals surface area contributed by atoms with E-state index in [0.29, 0.717) is 12.5 Å². The highest BCUT2D eigenvalue weighted by molar-refractivity contribution is 5.76. The Bertz CT molecular complexity index is 808. The number of hydrogen-bond acceptors (Lipinski definition) is 4. The van der Waals surface area contributed by atoms with E-state index < -0.39 is 0 Å². The summed E-state index contributed by atoms with van der Waals surface area (Å²) in [4.78, 5) is 26.7. The van der Waals surface area contributed by atoms with Crippen molar-refractivity contribution in [2.75, 3.05) is 6.54 Å². The van der Waals surface area contributed by atoms with Crippen molar-refractivity contribution in [3.05, 3.63) is 51.8 Å². The number of hydrogen-bond donors (Lipinski definition) is 0. The van der Waals surface area contributed by atoms with Crippen LogP contribution < -0.4 is 5.56 Å². The molecular weight excluding hydrogens is 318 g/mol. The van der Waals surface area contributed by atoms with Gasteiger partial charge in [0.1, 0.15) is 18.1 Å². The van der Waals surface area contributed by atoms with Gasteiger partial charge >= 0.3 is 0 Å². The van der Waals surface area contributed by atoms with Crippen LogP contribution >= 0.6 is 0 Å². The average molecular weight is 343 g/mol. The average Bonchev–Trinajstić information content (AvgIpc) is 3.07. The van der Waals surface area contributed by atoms with Crippen LogP contribution in [0.4, 0.5) is 0 Å². The summed E-state index contributed by atoms with van der Waals surface area (Å²) in [6.45, 7) is 6.69. The molecule has 1 aliphatic rings. The van der Waals surface area contributed by atoms with Crippen molar-refractivity contribution in [1.29, 1.82) is 0 Å². The topological polar surface area (TPSA) is 68.3 Å². The number of nitrogens with zero attached hydrogens (tertiary/aromatic N) is 3. The van der Waals surface area contributed by atoms with Crippen LogP contribution in [0.2, 0.25) is 0 Å². The molecule has 0 aliphatic carbocycles. The lowest BCUT2D eigenvalue weighted by molar-refractivity contribution is -0.137. The monoisotopic (exact) mass is 343 g/mol. The Labute approximate surface area is 147 Å². The van der Waals surface area contributed by atoms with Crippen molar-refractivity contribution in [1.82, 2.24) is 14.7 Å². The van der Waals surface area contributed by atoms with Crippen LogP contribution in [0.15, 0.2) is 33.5 Å². The summed E-state index contributed by atoms with van der Waals surface area (Å²) < 4.78 is 7.16. The summed E-state index contributed by atoms with van der Waals surface area (Å²) in [5.74, 6) is 2.20. The van der Waals surface area contributed by atoms with Gasteiger partial charge in [-0.05, 0) is 43.9 Å². The van der Waals surface area contributed by atoms with Gasteiger partial charge in [-0.2, -0.15) is 5.10 Å². The number of piperidine rings is 1. The summed E-state index contributed by atoms with van der Waals surface area (Å²) in [5, 5.41) is 4.17. The minimum Gasteiger partial charge on any atom is -0.464 e. The van der Waals surface area contributed by atoms with Gasteiger partial charge in [0.15, 0.2) is 0 Å². The number of likely N-dealkylation sites (tertiary alicyclic amines) is 1. The zero-order valence-electron chi connectivity index (χ0n) is 15.1. The standard InChI is InChI=1S/C19H25N3O3/c1-4-15-6-7-17(25-15)16-11-13(2)9-10-21(16)19(24)12-22-18(23)8-5-14(3)20-22/h5-8,13,16H,4,9-12H2,1-3H3/t13-,16+/m0/s1. The van der Waals surface area contributed by atoms with E-state index in [-0.39, 0.29) is 24.1 Å². The van der Waals surface area contributed by atoms with Gasteiger partial charge in [0.05, 0.1) is 11.7 Å². The molecule has 0 radical (unpaired) electrons. The molecule has 6 nitrogen and oxygen atoms in total. The molecule has 1 aliphatic heterocycles. The molecule has 25 heavy (non-hydrogen) atoms. The smallest absolute Gasteiger partial charge is 0.267 e. The van der Waals surface area contributed by atoms with Gasteiger partial charge < -0.3 is 9.32 Å². The Morgan fingerprint density at radius 1 is 1.32 bits per heavy atom. The third kappa shape index (κ3) is 3.83. The first kappa shape index (κ1) is 17.5. The Morgan fingerprint density at radius 2 is 2.12 bits per heavy atom. The van der Waals surface area contributed by atoms with Gasteiger partial charge in [-0.3, -0.25) is 9.59 Å². The van der Waals surface area contributed by atoms with Crippen LogP contribution in [-0.2, 0) is 17.8 Å². The van der Waals surface area contributed by atoms with Crippen LogP contribution in [0.1, 0.15) is 49.9 Å². The summed E-state index contributed by atoms with van der Waals surface area (Å²) >= 11 is 0. The van der Waals surface area contributed by atoms with E-state index in [1.54, 1.807) is 13.0 Å². The fourth-order valence-corrected chi connectivity index (χ4v) is 3.36. The van der Waals surface area contributed by atoms with Crippen LogP contribution in [0.3, 0.4) is 0 Å². The molecular formula is C19H25N3O3. The highest BCUT2D eigenvalue weighted by Crippen LogP contribution is 2.35. The molecule has 0 bridgehead atoms. The van der Waals surface area contributed by atoms with Crippen LogP contribution in [0, 0.1) is 12.8 Å². The molecule has 0 aromatic carbocycles. The molecule has 0 unspecified atom stereocenters. The van der Waals surface area contributed by atoms with E-state index in [0.717, 1.165) is 36.5 Å². The van der Waals surface area contributed by atoms with Gasteiger partial charge in [0.2, 0.25) is 5.91 Å². The van der Waals surface area contributed by atoms with Crippen molar-refractivity contribution in [2.45, 2.75) is 52.6 Å². The molecule has 1 fully saturated rings. The number of furan rings is 1. The molecule has 6 heteroatoms. The minimum atomic E-state index is -0.257. The quantitative estimate of drug-likeness (QED) is 0.856. The maximum Gasteiger partial charge on any atom is 0.267 e. The molecule has 1 saturated heterocycles. The lowest BCUT2D eigenvalue weighted by Crippen LogP contribution is -2.43. The lowest BCUT2D eigenvalue weighted by atomic mass is 9.91. The van der Waals surface area contributed by atoms with E-state index in [2.05, 4.69) is 12.0 Å². The molecule has 2 aromatic rings. The molecule has 0 N–H and O–H groups in total. The largest absolute Gasteiger partial charge is 0.464 e. The maximum absolute atomic E-state index is 12.9. The Balaban J connectivity index is 1.83. The van der Waals surface area contributed by atoms with Crippen molar-refractivity contribution >= 4 is 5.91 Å². The van der Waals surface area contributed by atoms with E-state index >= 15 is 0 Å². The van der Waals surface area contributed by atoms with E-state index in [1.807, 2.05) is 24.0 Å². The molecule has 0 spiro atoms. The predicted molar refractivity (Wildman–Crippen MR) is 94.2 cm³/mol. The van der Waals surface area contributed by atoms with Crippen LogP contribution in [0.5, 0.6) is 0 Å². The van der Waals surface area contributed by atoms with Crippen molar-refractivity contribution in [2.24, 2.45) is 5.92 Å². The maximum atomic E-state index is 12.9. The summed E-state index contributed by atoms with van der Waals surface area (Å²) in [5.41, 5.74) is 0.460. The number of aryl methyl sites for hydroxylation is 2. The zero-order valence-corrected chi connectivity index (χ0v) is 15.1. The molecule has 134 valence electrons. The van der Waals surface area contributed by atoms with E-state index in [1.165, 1.54) is 10.7 Å². The lowest BCUT2D eigenvalue weighted by Gasteiger charge is -2.37. The van der Waals surface area contributed by atoms with Crippen LogP contribution in [-0.4, -0.2) is 27.1 Å². The molecule has 3 heterocycles. The van der Waals surface area contributed by atoms with E-state index in [4.69, 9.17) is 4.42 Å². The second kappa shape index (κ2) is 7.25. The number of carbonyl (C=O) groups excluding carboxylic acids is 1.